The van der Waals surface area contributed by atoms with E-state index in [2.05, 4.69) is 15.3 Å². The number of aromatic nitrogens is 2. The van der Waals surface area contributed by atoms with Gasteiger partial charge >= 0.3 is 5.97 Å². The average molecular weight is 370 g/mol. The topological polar surface area (TPSA) is 138 Å². The van der Waals surface area contributed by atoms with Crippen LogP contribution in [-0.4, -0.2) is 32.2 Å². The molecule has 0 bridgehead atoms. The van der Waals surface area contributed by atoms with Gasteiger partial charge in [0.25, 0.3) is 11.5 Å². The van der Waals surface area contributed by atoms with Crippen LogP contribution in [0.25, 0.3) is 0 Å². The van der Waals surface area contributed by atoms with E-state index in [0.717, 1.165) is 23.9 Å². The Bertz CT molecular complexity index is 903. The average Bonchev–Trinajstić information content (AvgIpc) is 2.53. The lowest BCUT2D eigenvalue weighted by Crippen LogP contribution is -2.23. The number of nitrogens with two attached hydrogens (primary N) is 1. The molecule has 0 saturated heterocycles. The maximum absolute atomic E-state index is 13.2. The molecule has 0 saturated carbocycles. The highest BCUT2D eigenvalue weighted by Gasteiger charge is 2.18. The van der Waals surface area contributed by atoms with E-state index in [9.17, 15) is 23.2 Å². The van der Waals surface area contributed by atoms with Gasteiger partial charge in [-0.2, -0.15) is 0 Å². The number of H-pyrrole nitrogens is 1. The van der Waals surface area contributed by atoms with Crippen LogP contribution in [0.15, 0.2) is 28.2 Å². The second-order valence-electron chi connectivity index (χ2n) is 4.81. The number of carboxylic acid groups (broad SMARTS) is 1. The molecule has 0 aliphatic heterocycles. The molecule has 0 fully saturated rings. The van der Waals surface area contributed by atoms with Crippen molar-refractivity contribution in [1.82, 2.24) is 9.97 Å². The van der Waals surface area contributed by atoms with Gasteiger partial charge in [0.15, 0.2) is 22.6 Å². The highest BCUT2D eigenvalue weighted by Crippen LogP contribution is 2.21. The predicted molar refractivity (Wildman–Crippen MR) is 86.5 cm³/mol. The van der Waals surface area contributed by atoms with E-state index >= 15 is 0 Å². The molecule has 1 aromatic carbocycles. The first-order chi connectivity index (χ1) is 11.7. The van der Waals surface area contributed by atoms with E-state index in [-0.39, 0.29) is 22.2 Å². The highest BCUT2D eigenvalue weighted by atomic mass is 32.2. The van der Waals surface area contributed by atoms with Gasteiger partial charge in [0.1, 0.15) is 10.9 Å². The van der Waals surface area contributed by atoms with E-state index in [0.29, 0.717) is 6.07 Å². The summed E-state index contributed by atoms with van der Waals surface area (Å²) >= 11 is 0.757. The minimum atomic E-state index is -1.22. The van der Waals surface area contributed by atoms with Gasteiger partial charge in [0.2, 0.25) is 0 Å². The zero-order chi connectivity index (χ0) is 18.7. The summed E-state index contributed by atoms with van der Waals surface area (Å²) in [5.74, 6) is -4.69. The molecule has 1 atom stereocenters. The number of amides is 1. The molecule has 0 spiro atoms. The fourth-order valence-electron chi connectivity index (χ4n) is 1.69. The summed E-state index contributed by atoms with van der Waals surface area (Å²) in [7, 11) is 0. The molecule has 25 heavy (non-hydrogen) atoms. The lowest BCUT2D eigenvalue weighted by atomic mass is 10.2. The molecule has 2 aromatic rings. The van der Waals surface area contributed by atoms with Crippen LogP contribution >= 0.6 is 11.8 Å². The van der Waals surface area contributed by atoms with Gasteiger partial charge in [0, 0.05) is 5.56 Å². The first-order valence-electron chi connectivity index (χ1n) is 6.74. The Morgan fingerprint density at radius 1 is 1.36 bits per heavy atom. The van der Waals surface area contributed by atoms with Crippen molar-refractivity contribution in [2.24, 2.45) is 0 Å². The van der Waals surface area contributed by atoms with Crippen molar-refractivity contribution in [2.75, 3.05) is 11.1 Å². The lowest BCUT2D eigenvalue weighted by molar-refractivity contribution is -0.136. The number of aromatic amines is 1. The molecule has 1 amide bonds. The van der Waals surface area contributed by atoms with Gasteiger partial charge in [-0.3, -0.25) is 19.4 Å². The Morgan fingerprint density at radius 3 is 2.60 bits per heavy atom. The standard InChI is InChI=1S/C14H12F2N4O4S/c1-5(13(23)24)25-14-19-10(17)9(12(22)20-14)18-11(21)6-2-3-7(15)8(16)4-6/h2-5H,1H3,(H,18,21)(H,23,24)(H3,17,19,20,22)/t5-/m0/s1. The predicted octanol–water partition coefficient (Wildman–Crippen LogP) is 1.45. The summed E-state index contributed by atoms with van der Waals surface area (Å²) in [6, 6.07) is 2.47. The van der Waals surface area contributed by atoms with Crippen LogP contribution in [0.3, 0.4) is 0 Å². The fraction of sp³-hybridized carbons (Fsp3) is 0.143. The first-order valence-corrected chi connectivity index (χ1v) is 7.62. The Labute approximate surface area is 143 Å². The number of nitrogens with one attached hydrogen (secondary N) is 2. The maximum atomic E-state index is 13.2. The molecular formula is C14H12F2N4O4S. The number of benzene rings is 1. The van der Waals surface area contributed by atoms with Crippen molar-refractivity contribution in [2.45, 2.75) is 17.3 Å². The van der Waals surface area contributed by atoms with E-state index in [1.54, 1.807) is 0 Å². The molecule has 132 valence electrons. The third-order valence-corrected chi connectivity index (χ3v) is 3.95. The largest absolute Gasteiger partial charge is 0.480 e. The molecule has 1 heterocycles. The summed E-state index contributed by atoms with van der Waals surface area (Å²) in [6.07, 6.45) is 0. The van der Waals surface area contributed by atoms with E-state index in [1.165, 1.54) is 6.92 Å². The highest BCUT2D eigenvalue weighted by molar-refractivity contribution is 8.00. The van der Waals surface area contributed by atoms with E-state index in [1.807, 2.05) is 0 Å². The minimum Gasteiger partial charge on any atom is -0.480 e. The van der Waals surface area contributed by atoms with Crippen LogP contribution in [0.1, 0.15) is 17.3 Å². The SMILES string of the molecule is C[C@H](Sc1nc(N)c(NC(=O)c2ccc(F)c(F)c2)c(=O)[nH]1)C(=O)O. The second-order valence-corrected chi connectivity index (χ2v) is 6.14. The summed E-state index contributed by atoms with van der Waals surface area (Å²) in [6.45, 7) is 1.39. The Morgan fingerprint density at radius 2 is 2.04 bits per heavy atom. The third kappa shape index (κ3) is 4.32. The van der Waals surface area contributed by atoms with E-state index < -0.39 is 34.3 Å². The second kappa shape index (κ2) is 7.30. The Kier molecular flexibility index (Phi) is 5.37. The number of nitrogens with zero attached hydrogens (tertiary/aromatic N) is 1. The molecule has 1 aromatic heterocycles. The number of carboxylic acids is 1. The van der Waals surface area contributed by atoms with Crippen LogP contribution in [0.5, 0.6) is 0 Å². The summed E-state index contributed by atoms with van der Waals surface area (Å²) in [5, 5.41) is 10.1. The van der Waals surface area contributed by atoms with Crippen LogP contribution in [-0.2, 0) is 4.79 Å². The van der Waals surface area contributed by atoms with Crippen LogP contribution in [0, 0.1) is 11.6 Å². The molecule has 8 nitrogen and oxygen atoms in total. The van der Waals surface area contributed by atoms with Gasteiger partial charge < -0.3 is 16.2 Å². The number of rotatable bonds is 5. The van der Waals surface area contributed by atoms with Gasteiger partial charge in [-0.25, -0.2) is 13.8 Å². The zero-order valence-corrected chi connectivity index (χ0v) is 13.5. The molecular weight excluding hydrogens is 358 g/mol. The van der Waals surface area contributed by atoms with Gasteiger partial charge in [-0.05, 0) is 25.1 Å². The normalized spacial score (nSPS) is 11.8. The molecule has 0 aliphatic carbocycles. The van der Waals surface area contributed by atoms with Crippen LogP contribution < -0.4 is 16.6 Å². The molecule has 5 N–H and O–H groups in total. The zero-order valence-electron chi connectivity index (χ0n) is 12.7. The van der Waals surface area contributed by atoms with Crippen molar-refractivity contribution in [1.29, 1.82) is 0 Å². The third-order valence-electron chi connectivity index (χ3n) is 2.98. The van der Waals surface area contributed by atoms with E-state index in [4.69, 9.17) is 10.8 Å². The number of nitrogen functional groups attached to an aromatic ring is 1. The lowest BCUT2D eigenvalue weighted by Gasteiger charge is -2.10. The fourth-order valence-corrected chi connectivity index (χ4v) is 2.43. The number of hydrogen-bond donors (Lipinski definition) is 4. The monoisotopic (exact) mass is 370 g/mol. The number of hydrogen-bond acceptors (Lipinski definition) is 6. The summed E-state index contributed by atoms with van der Waals surface area (Å²) in [4.78, 5) is 40.9. The van der Waals surface area contributed by atoms with Crippen LogP contribution in [0.2, 0.25) is 0 Å². The number of aliphatic carboxylic acids is 1. The van der Waals surface area contributed by atoms with Gasteiger partial charge in [-0.15, -0.1) is 0 Å². The maximum Gasteiger partial charge on any atom is 0.316 e. The first kappa shape index (κ1) is 18.4. The van der Waals surface area contributed by atoms with Gasteiger partial charge in [0.05, 0.1) is 0 Å². The smallest absolute Gasteiger partial charge is 0.316 e. The number of carbonyl (C=O) groups excluding carboxylic acids is 1. The Hall–Kier alpha value is -2.95. The molecule has 11 heteroatoms. The molecule has 0 unspecified atom stereocenters. The van der Waals surface area contributed by atoms with Crippen molar-refractivity contribution < 1.29 is 23.5 Å². The number of thioether (sulfide) groups is 1. The summed E-state index contributed by atoms with van der Waals surface area (Å²) in [5.41, 5.74) is 4.18. The number of anilines is 2. The molecule has 0 radical (unpaired) electrons. The summed E-state index contributed by atoms with van der Waals surface area (Å²) < 4.78 is 26.1. The van der Waals surface area contributed by atoms with Crippen molar-refractivity contribution in [3.05, 3.63) is 45.8 Å². The minimum absolute atomic E-state index is 0.0387. The quantitative estimate of drug-likeness (QED) is 0.461. The Balaban J connectivity index is 2.25. The number of halogens is 2. The van der Waals surface area contributed by atoms with Crippen LogP contribution in [0.4, 0.5) is 20.3 Å². The van der Waals surface area contributed by atoms with Crippen molar-refractivity contribution in [3.8, 4) is 0 Å². The molecule has 2 rings (SSSR count). The van der Waals surface area contributed by atoms with Crippen molar-refractivity contribution in [3.63, 3.8) is 0 Å². The van der Waals surface area contributed by atoms with Crippen molar-refractivity contribution >= 4 is 35.1 Å². The van der Waals surface area contributed by atoms with Gasteiger partial charge in [-0.1, -0.05) is 11.8 Å². The molecule has 0 aliphatic rings. The number of carbonyl (C=O) groups is 2.